The number of carbonyl (C=O) groups is 2. The fourth-order valence-electron chi connectivity index (χ4n) is 1.94. The third-order valence-corrected chi connectivity index (χ3v) is 4.42. The van der Waals surface area contributed by atoms with Crippen LogP contribution in [0.4, 0.5) is 0 Å². The number of thiazole rings is 1. The van der Waals surface area contributed by atoms with Crippen LogP contribution in [0, 0.1) is 0 Å². The van der Waals surface area contributed by atoms with E-state index in [1.54, 1.807) is 0 Å². The van der Waals surface area contributed by atoms with Crippen LogP contribution in [-0.4, -0.2) is 28.0 Å². The maximum atomic E-state index is 12.2. The van der Waals surface area contributed by atoms with Crippen molar-refractivity contribution in [1.29, 1.82) is 0 Å². The van der Waals surface area contributed by atoms with E-state index in [1.165, 1.54) is 17.5 Å². The van der Waals surface area contributed by atoms with Crippen LogP contribution in [0.2, 0.25) is 0 Å². The maximum Gasteiger partial charge on any atom is 0.326 e. The number of aromatic nitrogens is 1. The first-order valence-corrected chi connectivity index (χ1v) is 7.82. The zero-order valence-corrected chi connectivity index (χ0v) is 13.3. The lowest BCUT2D eigenvalue weighted by molar-refractivity contribution is -0.139. The van der Waals surface area contributed by atoms with E-state index in [2.05, 4.69) is 10.3 Å². The Balaban J connectivity index is 2.07. The largest absolute Gasteiger partial charge is 0.480 e. The zero-order chi connectivity index (χ0) is 16.1. The Morgan fingerprint density at radius 2 is 1.95 bits per heavy atom. The third-order valence-electron chi connectivity index (χ3n) is 3.13. The Hall–Kier alpha value is -2.21. The lowest BCUT2D eigenvalue weighted by atomic mass is 10.1. The fourth-order valence-corrected chi connectivity index (χ4v) is 2.76. The average Bonchev–Trinajstić information content (AvgIpc) is 2.97. The lowest BCUT2D eigenvalue weighted by Gasteiger charge is -2.13. The molecule has 2 rings (SSSR count). The first kappa shape index (κ1) is 16.2. The van der Waals surface area contributed by atoms with Crippen LogP contribution in [0.3, 0.4) is 0 Å². The van der Waals surface area contributed by atoms with E-state index in [9.17, 15) is 14.7 Å². The smallest absolute Gasteiger partial charge is 0.326 e. The Kier molecular flexibility index (Phi) is 5.27. The van der Waals surface area contributed by atoms with Gasteiger partial charge >= 0.3 is 5.97 Å². The summed E-state index contributed by atoms with van der Waals surface area (Å²) in [5.74, 6) is -1.20. The number of carboxylic acid groups (broad SMARTS) is 1. The van der Waals surface area contributed by atoms with Crippen molar-refractivity contribution in [3.63, 3.8) is 0 Å². The van der Waals surface area contributed by atoms with Crippen molar-refractivity contribution in [3.8, 4) is 0 Å². The summed E-state index contributed by atoms with van der Waals surface area (Å²) in [6.45, 7) is 3.99. The molecule has 5 nitrogen and oxygen atoms in total. The highest BCUT2D eigenvalue weighted by Gasteiger charge is 2.22. The fraction of sp³-hybridized carbons (Fsp3) is 0.312. The quantitative estimate of drug-likeness (QED) is 0.858. The Labute approximate surface area is 133 Å². The van der Waals surface area contributed by atoms with E-state index in [4.69, 9.17) is 0 Å². The van der Waals surface area contributed by atoms with Crippen molar-refractivity contribution in [2.75, 3.05) is 0 Å². The molecule has 2 aromatic rings. The molecule has 116 valence electrons. The number of hydrogen-bond acceptors (Lipinski definition) is 4. The minimum absolute atomic E-state index is 0.242. The molecule has 1 amide bonds. The number of benzene rings is 1. The summed E-state index contributed by atoms with van der Waals surface area (Å²) in [6, 6.07) is 8.27. The number of carboxylic acids is 1. The summed E-state index contributed by atoms with van der Waals surface area (Å²) in [7, 11) is 0. The van der Waals surface area contributed by atoms with Gasteiger partial charge in [-0.2, -0.15) is 0 Å². The first-order valence-electron chi connectivity index (χ1n) is 7.00. The number of nitrogens with zero attached hydrogens (tertiary/aromatic N) is 1. The van der Waals surface area contributed by atoms with Gasteiger partial charge in [0.2, 0.25) is 0 Å². The van der Waals surface area contributed by atoms with E-state index in [0.29, 0.717) is 4.88 Å². The van der Waals surface area contributed by atoms with Gasteiger partial charge in [-0.25, -0.2) is 9.78 Å². The molecule has 0 fully saturated rings. The molecule has 6 heteroatoms. The molecular formula is C16H18N2O3S. The van der Waals surface area contributed by atoms with E-state index in [0.717, 1.165) is 10.6 Å². The van der Waals surface area contributed by atoms with Gasteiger partial charge in [0.05, 0.1) is 11.2 Å². The van der Waals surface area contributed by atoms with Gasteiger partial charge in [0.25, 0.3) is 5.91 Å². The normalized spacial score (nSPS) is 12.1. The van der Waals surface area contributed by atoms with E-state index in [1.807, 2.05) is 44.2 Å². The maximum absolute atomic E-state index is 12.2. The van der Waals surface area contributed by atoms with Crippen molar-refractivity contribution >= 4 is 23.2 Å². The van der Waals surface area contributed by atoms with Crippen molar-refractivity contribution in [1.82, 2.24) is 10.3 Å². The monoisotopic (exact) mass is 318 g/mol. The Morgan fingerprint density at radius 1 is 1.27 bits per heavy atom. The molecule has 0 unspecified atom stereocenters. The number of carbonyl (C=O) groups excluding carboxylic acids is 1. The predicted molar refractivity (Wildman–Crippen MR) is 85.2 cm³/mol. The number of amides is 1. The third kappa shape index (κ3) is 4.14. The Bertz CT molecular complexity index is 652. The summed E-state index contributed by atoms with van der Waals surface area (Å²) in [5.41, 5.74) is 0.863. The predicted octanol–water partition coefficient (Wildman–Crippen LogP) is 2.69. The molecule has 1 aromatic heterocycles. The highest BCUT2D eigenvalue weighted by Crippen LogP contribution is 2.21. The minimum atomic E-state index is -1.05. The molecular weight excluding hydrogens is 300 g/mol. The number of hydrogen-bond donors (Lipinski definition) is 2. The van der Waals surface area contributed by atoms with Crippen molar-refractivity contribution in [2.24, 2.45) is 0 Å². The molecule has 1 atom stereocenters. The molecule has 0 aliphatic heterocycles. The van der Waals surface area contributed by atoms with E-state index >= 15 is 0 Å². The molecule has 0 aliphatic carbocycles. The van der Waals surface area contributed by atoms with Gasteiger partial charge in [-0.3, -0.25) is 4.79 Å². The average molecular weight is 318 g/mol. The standard InChI is InChI=1S/C16H18N2O3S/c1-10(2)15-17-9-13(22-15)14(19)18-12(16(20)21)8-11-6-4-3-5-7-11/h3-7,9-10,12H,8H2,1-2H3,(H,18,19)(H,20,21)/t12-/m1/s1. The second-order valence-corrected chi connectivity index (χ2v) is 6.33. The minimum Gasteiger partial charge on any atom is -0.480 e. The van der Waals surface area contributed by atoms with Gasteiger partial charge in [-0.15, -0.1) is 11.3 Å². The SMILES string of the molecule is CC(C)c1ncc(C(=O)N[C@H](Cc2ccccc2)C(=O)O)s1. The van der Waals surface area contributed by atoms with Gasteiger partial charge in [0, 0.05) is 12.3 Å². The van der Waals surface area contributed by atoms with E-state index < -0.39 is 17.9 Å². The molecule has 0 saturated carbocycles. The molecule has 0 aliphatic rings. The van der Waals surface area contributed by atoms with Gasteiger partial charge in [0.15, 0.2) is 0 Å². The summed E-state index contributed by atoms with van der Waals surface area (Å²) < 4.78 is 0. The van der Waals surface area contributed by atoms with Crippen molar-refractivity contribution in [2.45, 2.75) is 32.2 Å². The zero-order valence-electron chi connectivity index (χ0n) is 12.4. The molecule has 2 N–H and O–H groups in total. The highest BCUT2D eigenvalue weighted by atomic mass is 32.1. The molecule has 0 bridgehead atoms. The van der Waals surface area contributed by atoms with Crippen molar-refractivity contribution in [3.05, 3.63) is 52.0 Å². The summed E-state index contributed by atoms with van der Waals surface area (Å²) in [4.78, 5) is 28.2. The lowest BCUT2D eigenvalue weighted by Crippen LogP contribution is -2.42. The number of rotatable bonds is 6. The topological polar surface area (TPSA) is 79.3 Å². The van der Waals surface area contributed by atoms with Crippen LogP contribution in [0.15, 0.2) is 36.5 Å². The van der Waals surface area contributed by atoms with E-state index in [-0.39, 0.29) is 12.3 Å². The van der Waals surface area contributed by atoms with Crippen LogP contribution in [0.1, 0.15) is 40.0 Å². The van der Waals surface area contributed by atoms with Gasteiger partial charge in [-0.1, -0.05) is 44.2 Å². The number of nitrogens with one attached hydrogen (secondary N) is 1. The first-order chi connectivity index (χ1) is 10.5. The highest BCUT2D eigenvalue weighted by molar-refractivity contribution is 7.13. The van der Waals surface area contributed by atoms with Gasteiger partial charge in [-0.05, 0) is 5.56 Å². The molecule has 0 spiro atoms. The Morgan fingerprint density at radius 3 is 2.50 bits per heavy atom. The summed E-state index contributed by atoms with van der Waals surface area (Å²) in [6.07, 6.45) is 1.74. The molecule has 22 heavy (non-hydrogen) atoms. The van der Waals surface area contributed by atoms with Crippen LogP contribution in [0.25, 0.3) is 0 Å². The molecule has 1 aromatic carbocycles. The number of aliphatic carboxylic acids is 1. The second kappa shape index (κ2) is 7.17. The van der Waals surface area contributed by atoms with Crippen LogP contribution >= 0.6 is 11.3 Å². The van der Waals surface area contributed by atoms with Crippen LogP contribution in [-0.2, 0) is 11.2 Å². The van der Waals surface area contributed by atoms with Gasteiger partial charge < -0.3 is 10.4 Å². The second-order valence-electron chi connectivity index (χ2n) is 5.27. The molecule has 0 saturated heterocycles. The van der Waals surface area contributed by atoms with Crippen LogP contribution in [0.5, 0.6) is 0 Å². The molecule has 1 heterocycles. The van der Waals surface area contributed by atoms with Crippen LogP contribution < -0.4 is 5.32 Å². The van der Waals surface area contributed by atoms with Crippen molar-refractivity contribution < 1.29 is 14.7 Å². The van der Waals surface area contributed by atoms with Gasteiger partial charge in [0.1, 0.15) is 10.9 Å². The molecule has 0 radical (unpaired) electrons. The summed E-state index contributed by atoms with van der Waals surface area (Å²) in [5, 5.41) is 12.7. The summed E-state index contributed by atoms with van der Waals surface area (Å²) >= 11 is 1.29.